The Hall–Kier alpha value is -2.57. The molecule has 0 radical (unpaired) electrons. The van der Waals surface area contributed by atoms with Gasteiger partial charge in [0, 0.05) is 62.9 Å². The van der Waals surface area contributed by atoms with E-state index in [0.29, 0.717) is 64.3 Å². The number of aliphatic hydroxyl groups excluding tert-OH is 1. The monoisotopic (exact) mass is 658 g/mol. The summed E-state index contributed by atoms with van der Waals surface area (Å²) in [6.07, 6.45) is 4.32. The molecule has 11 heteroatoms. The SMILES string of the molecule is C=CCN(CCN1CCOCC1)C(=O)C1N(CCCCO)C(=O)[C@@H]2[C@@H](C(=O)N(CC=C)c3ccccc3)[C@@H]3OC12CC3Br. The molecule has 10 nitrogen and oxygen atoms in total. The Morgan fingerprint density at radius 3 is 2.47 bits per heavy atom. The van der Waals surface area contributed by atoms with Crippen LogP contribution in [0.15, 0.2) is 55.6 Å². The van der Waals surface area contributed by atoms with Crippen molar-refractivity contribution in [1.82, 2.24) is 14.7 Å². The lowest BCUT2D eigenvalue weighted by molar-refractivity contribution is -0.148. The van der Waals surface area contributed by atoms with Crippen molar-refractivity contribution >= 4 is 39.3 Å². The fourth-order valence-corrected chi connectivity index (χ4v) is 8.21. The fraction of sp³-hybridized carbons (Fsp3) is 0.594. The van der Waals surface area contributed by atoms with Gasteiger partial charge in [-0.15, -0.1) is 13.2 Å². The van der Waals surface area contributed by atoms with Crippen LogP contribution in [0.3, 0.4) is 0 Å². The smallest absolute Gasteiger partial charge is 0.248 e. The predicted octanol–water partition coefficient (Wildman–Crippen LogP) is 2.07. The highest BCUT2D eigenvalue weighted by Crippen LogP contribution is 2.60. The molecule has 4 saturated heterocycles. The molecule has 3 amide bonds. The normalized spacial score (nSPS) is 29.9. The largest absolute Gasteiger partial charge is 0.396 e. The zero-order chi connectivity index (χ0) is 30.6. The van der Waals surface area contributed by atoms with Gasteiger partial charge in [-0.3, -0.25) is 19.3 Å². The van der Waals surface area contributed by atoms with Gasteiger partial charge in [0.1, 0.15) is 11.6 Å². The summed E-state index contributed by atoms with van der Waals surface area (Å²) in [4.78, 5) is 50.4. The summed E-state index contributed by atoms with van der Waals surface area (Å²) in [5.74, 6) is -2.17. The highest BCUT2D eigenvalue weighted by molar-refractivity contribution is 9.09. The number of para-hydroxylation sites is 1. The lowest BCUT2D eigenvalue weighted by Gasteiger charge is -2.38. The van der Waals surface area contributed by atoms with E-state index in [-0.39, 0.29) is 35.7 Å². The van der Waals surface area contributed by atoms with Crippen LogP contribution in [0.2, 0.25) is 0 Å². The van der Waals surface area contributed by atoms with E-state index in [9.17, 15) is 19.5 Å². The fourth-order valence-electron chi connectivity index (χ4n) is 7.27. The van der Waals surface area contributed by atoms with Crippen molar-refractivity contribution in [2.24, 2.45) is 11.8 Å². The number of likely N-dealkylation sites (tertiary alicyclic amines) is 1. The number of amides is 3. The van der Waals surface area contributed by atoms with E-state index < -0.39 is 29.6 Å². The van der Waals surface area contributed by atoms with Gasteiger partial charge in [-0.1, -0.05) is 46.3 Å². The van der Waals surface area contributed by atoms with Crippen molar-refractivity contribution in [3.05, 3.63) is 55.6 Å². The second-order valence-electron chi connectivity index (χ2n) is 11.7. The van der Waals surface area contributed by atoms with Gasteiger partial charge in [0.25, 0.3) is 0 Å². The molecule has 2 bridgehead atoms. The second kappa shape index (κ2) is 14.0. The van der Waals surface area contributed by atoms with E-state index in [0.717, 1.165) is 13.1 Å². The van der Waals surface area contributed by atoms with E-state index in [1.165, 1.54) is 0 Å². The van der Waals surface area contributed by atoms with Gasteiger partial charge in [0.2, 0.25) is 17.7 Å². The van der Waals surface area contributed by atoms with Crippen molar-refractivity contribution in [3.8, 4) is 0 Å². The molecule has 0 aromatic heterocycles. The molecular formula is C32H43BrN4O6. The Kier molecular flexibility index (Phi) is 10.4. The average Bonchev–Trinajstić information content (AvgIpc) is 3.61. The third-order valence-electron chi connectivity index (χ3n) is 9.21. The molecule has 5 rings (SSSR count). The molecule has 4 fully saturated rings. The number of benzene rings is 1. The molecule has 0 saturated carbocycles. The first kappa shape index (κ1) is 31.8. The van der Waals surface area contributed by atoms with Gasteiger partial charge in [-0.05, 0) is 31.4 Å². The number of alkyl halides is 1. The number of hydrogen-bond acceptors (Lipinski definition) is 7. The summed E-state index contributed by atoms with van der Waals surface area (Å²) in [5.41, 5.74) is -0.421. The number of anilines is 1. The quantitative estimate of drug-likeness (QED) is 0.186. The highest BCUT2D eigenvalue weighted by Gasteiger charge is 2.76. The first-order valence-electron chi connectivity index (χ1n) is 15.3. The van der Waals surface area contributed by atoms with Gasteiger partial charge >= 0.3 is 0 Å². The predicted molar refractivity (Wildman–Crippen MR) is 167 cm³/mol. The van der Waals surface area contributed by atoms with Crippen LogP contribution >= 0.6 is 15.9 Å². The number of rotatable bonds is 14. The summed E-state index contributed by atoms with van der Waals surface area (Å²) in [7, 11) is 0. The molecule has 3 unspecified atom stereocenters. The lowest BCUT2D eigenvalue weighted by Crippen LogP contribution is -2.58. The van der Waals surface area contributed by atoms with Gasteiger partial charge in [-0.2, -0.15) is 0 Å². The molecule has 4 heterocycles. The van der Waals surface area contributed by atoms with E-state index in [2.05, 4.69) is 34.0 Å². The van der Waals surface area contributed by atoms with Crippen molar-refractivity contribution in [2.75, 3.05) is 70.5 Å². The first-order chi connectivity index (χ1) is 20.9. The van der Waals surface area contributed by atoms with Crippen LogP contribution in [-0.4, -0.2) is 126 Å². The van der Waals surface area contributed by atoms with Gasteiger partial charge in [0.15, 0.2) is 0 Å². The maximum atomic E-state index is 14.6. The Morgan fingerprint density at radius 2 is 1.79 bits per heavy atom. The molecule has 234 valence electrons. The van der Waals surface area contributed by atoms with Crippen LogP contribution < -0.4 is 4.90 Å². The highest BCUT2D eigenvalue weighted by atomic mass is 79.9. The number of ether oxygens (including phenoxy) is 2. The number of halogens is 1. The zero-order valence-corrected chi connectivity index (χ0v) is 26.3. The summed E-state index contributed by atoms with van der Waals surface area (Å²) in [6, 6.07) is 8.48. The molecule has 43 heavy (non-hydrogen) atoms. The molecule has 1 aromatic carbocycles. The van der Waals surface area contributed by atoms with Crippen LogP contribution in [0.5, 0.6) is 0 Å². The summed E-state index contributed by atoms with van der Waals surface area (Å²) >= 11 is 3.77. The topological polar surface area (TPSA) is 103 Å². The lowest BCUT2D eigenvalue weighted by atomic mass is 9.70. The van der Waals surface area contributed by atoms with Crippen molar-refractivity contribution in [2.45, 2.75) is 41.8 Å². The Labute approximate surface area is 262 Å². The zero-order valence-electron chi connectivity index (χ0n) is 24.7. The molecular weight excluding hydrogens is 616 g/mol. The number of nitrogens with zero attached hydrogens (tertiary/aromatic N) is 4. The third-order valence-corrected chi connectivity index (χ3v) is 10.1. The van der Waals surface area contributed by atoms with Gasteiger partial charge in [-0.25, -0.2) is 0 Å². The minimum absolute atomic E-state index is 0.00585. The first-order valence-corrected chi connectivity index (χ1v) is 16.2. The number of hydrogen-bond donors (Lipinski definition) is 1. The summed E-state index contributed by atoms with van der Waals surface area (Å²) in [6.45, 7) is 12.8. The molecule has 4 aliphatic heterocycles. The molecule has 1 aromatic rings. The number of carbonyl (C=O) groups excluding carboxylic acids is 3. The van der Waals surface area contributed by atoms with Crippen LogP contribution in [-0.2, 0) is 23.9 Å². The number of aliphatic hydroxyl groups is 1. The minimum atomic E-state index is -1.14. The maximum Gasteiger partial charge on any atom is 0.248 e. The second-order valence-corrected chi connectivity index (χ2v) is 12.9. The number of fused-ring (bicyclic) bond motifs is 1. The molecule has 0 aliphatic carbocycles. The summed E-state index contributed by atoms with van der Waals surface area (Å²) in [5, 5.41) is 9.48. The van der Waals surface area contributed by atoms with Crippen molar-refractivity contribution in [1.29, 1.82) is 0 Å². The molecule has 6 atom stereocenters. The van der Waals surface area contributed by atoms with Gasteiger partial charge in [0.05, 0.1) is 31.2 Å². The molecule has 1 N–H and O–H groups in total. The third kappa shape index (κ3) is 6.07. The van der Waals surface area contributed by atoms with Crippen LogP contribution in [0.1, 0.15) is 19.3 Å². The van der Waals surface area contributed by atoms with Gasteiger partial charge < -0.3 is 29.3 Å². The minimum Gasteiger partial charge on any atom is -0.396 e. The average molecular weight is 660 g/mol. The van der Waals surface area contributed by atoms with Crippen molar-refractivity contribution in [3.63, 3.8) is 0 Å². The van der Waals surface area contributed by atoms with Crippen LogP contribution in [0, 0.1) is 11.8 Å². The van der Waals surface area contributed by atoms with E-state index >= 15 is 0 Å². The van der Waals surface area contributed by atoms with Crippen molar-refractivity contribution < 1.29 is 29.0 Å². The maximum absolute atomic E-state index is 14.6. The Morgan fingerprint density at radius 1 is 1.07 bits per heavy atom. The molecule has 4 aliphatic rings. The standard InChI is InChI=1S/C32H43BrN4O6/c1-3-12-35(16-15-34-17-20-42-21-18-34)31(41)28-32-22-24(33)27(43-32)25(26(32)30(40)37(28)14-8-9-19-38)29(39)36(13-4-2)23-10-6-5-7-11-23/h3-7,10-11,24-28,38H,1-2,8-9,12-22H2/t24?,25-,26+,27-,28?,32?/m1/s1. The van der Waals surface area contributed by atoms with E-state index in [1.807, 2.05) is 30.3 Å². The number of unbranched alkanes of at least 4 members (excludes halogenated alkanes) is 1. The number of morpholine rings is 1. The Bertz CT molecular complexity index is 1180. The van der Waals surface area contributed by atoms with Crippen LogP contribution in [0.4, 0.5) is 5.69 Å². The number of carbonyl (C=O) groups is 3. The van der Waals surface area contributed by atoms with E-state index in [1.54, 1.807) is 26.9 Å². The molecule has 1 spiro atoms. The van der Waals surface area contributed by atoms with Crippen LogP contribution in [0.25, 0.3) is 0 Å². The summed E-state index contributed by atoms with van der Waals surface area (Å²) < 4.78 is 12.2. The van der Waals surface area contributed by atoms with E-state index in [4.69, 9.17) is 9.47 Å². The Balaban J connectivity index is 1.48.